The lowest BCUT2D eigenvalue weighted by Crippen LogP contribution is -2.33. The molecule has 1 heterocycles. The first-order chi connectivity index (χ1) is 15.1. The van der Waals surface area contributed by atoms with Crippen molar-refractivity contribution in [2.75, 3.05) is 17.3 Å². The summed E-state index contributed by atoms with van der Waals surface area (Å²) in [7, 11) is 1.62. The second kappa shape index (κ2) is 9.47. The molecule has 0 aliphatic carbocycles. The van der Waals surface area contributed by atoms with E-state index in [9.17, 15) is 9.59 Å². The van der Waals surface area contributed by atoms with E-state index in [0.29, 0.717) is 25.8 Å². The number of rotatable bonds is 7. The first-order valence-corrected chi connectivity index (χ1v) is 10.5. The SMILES string of the molecule is COc1ccc(N(Cc2ccccc2)C(=O)CCC2Cc3ccccc3NC2=O)cc1. The summed E-state index contributed by atoms with van der Waals surface area (Å²) in [5, 5.41) is 2.97. The second-order valence-corrected chi connectivity index (χ2v) is 7.75. The molecule has 1 aliphatic heterocycles. The molecule has 4 rings (SSSR count). The number of hydrogen-bond acceptors (Lipinski definition) is 3. The van der Waals surface area contributed by atoms with Crippen LogP contribution in [0.2, 0.25) is 0 Å². The van der Waals surface area contributed by atoms with Gasteiger partial charge in [-0.1, -0.05) is 48.5 Å². The predicted molar refractivity (Wildman–Crippen MR) is 122 cm³/mol. The standard InChI is InChI=1S/C26H26N2O3/c1-31-23-14-12-22(13-15-23)28(18-19-7-3-2-4-8-19)25(29)16-11-21-17-20-9-5-6-10-24(20)27-26(21)30/h2-10,12-15,21H,11,16-18H2,1H3,(H,27,30). The Kier molecular flexibility index (Phi) is 6.32. The third kappa shape index (κ3) is 4.94. The summed E-state index contributed by atoms with van der Waals surface area (Å²) in [4.78, 5) is 27.6. The van der Waals surface area contributed by atoms with Gasteiger partial charge in [0.1, 0.15) is 5.75 Å². The summed E-state index contributed by atoms with van der Waals surface area (Å²) in [6.45, 7) is 0.478. The zero-order chi connectivity index (χ0) is 21.6. The summed E-state index contributed by atoms with van der Waals surface area (Å²) in [6.07, 6.45) is 1.48. The Morgan fingerprint density at radius 3 is 2.45 bits per heavy atom. The van der Waals surface area contributed by atoms with Gasteiger partial charge in [0.15, 0.2) is 0 Å². The molecule has 2 amide bonds. The Bertz CT molecular complexity index is 1050. The number of anilines is 2. The molecule has 5 heteroatoms. The normalized spacial score (nSPS) is 15.0. The van der Waals surface area contributed by atoms with Gasteiger partial charge in [-0.2, -0.15) is 0 Å². The Morgan fingerprint density at radius 1 is 1.00 bits per heavy atom. The zero-order valence-corrected chi connectivity index (χ0v) is 17.6. The maximum absolute atomic E-state index is 13.3. The van der Waals surface area contributed by atoms with E-state index in [2.05, 4.69) is 5.32 Å². The van der Waals surface area contributed by atoms with Crippen LogP contribution in [-0.2, 0) is 22.6 Å². The van der Waals surface area contributed by atoms with E-state index >= 15 is 0 Å². The third-order valence-electron chi connectivity index (χ3n) is 5.69. The van der Waals surface area contributed by atoms with Gasteiger partial charge >= 0.3 is 0 Å². The van der Waals surface area contributed by atoms with Crippen molar-refractivity contribution >= 4 is 23.2 Å². The van der Waals surface area contributed by atoms with Crippen LogP contribution in [0.5, 0.6) is 5.75 Å². The number of hydrogen-bond donors (Lipinski definition) is 1. The minimum Gasteiger partial charge on any atom is -0.497 e. The van der Waals surface area contributed by atoms with Gasteiger partial charge in [0.05, 0.1) is 13.7 Å². The highest BCUT2D eigenvalue weighted by Crippen LogP contribution is 2.29. The molecule has 1 unspecified atom stereocenters. The van der Waals surface area contributed by atoms with Crippen LogP contribution in [-0.4, -0.2) is 18.9 Å². The second-order valence-electron chi connectivity index (χ2n) is 7.75. The number of methoxy groups -OCH3 is 1. The highest BCUT2D eigenvalue weighted by Gasteiger charge is 2.27. The number of nitrogens with zero attached hydrogens (tertiary/aromatic N) is 1. The number of amides is 2. The summed E-state index contributed by atoms with van der Waals surface area (Å²) in [5.74, 6) is 0.535. The number of nitrogens with one attached hydrogen (secondary N) is 1. The van der Waals surface area contributed by atoms with Gasteiger partial charge in [0, 0.05) is 23.7 Å². The van der Waals surface area contributed by atoms with E-state index in [1.54, 1.807) is 12.0 Å². The largest absolute Gasteiger partial charge is 0.497 e. The zero-order valence-electron chi connectivity index (χ0n) is 17.6. The minimum atomic E-state index is -0.201. The topological polar surface area (TPSA) is 58.6 Å². The Labute approximate surface area is 182 Å². The molecule has 0 spiro atoms. The van der Waals surface area contributed by atoms with E-state index in [0.717, 1.165) is 28.3 Å². The molecule has 0 saturated heterocycles. The predicted octanol–water partition coefficient (Wildman–Crippen LogP) is 4.82. The van der Waals surface area contributed by atoms with E-state index in [1.165, 1.54) is 0 Å². The average molecular weight is 415 g/mol. The van der Waals surface area contributed by atoms with E-state index in [1.807, 2.05) is 78.9 Å². The summed E-state index contributed by atoms with van der Waals surface area (Å²) in [6, 6.07) is 25.2. The summed E-state index contributed by atoms with van der Waals surface area (Å²) in [5.41, 5.74) is 3.86. The van der Waals surface area contributed by atoms with Gasteiger partial charge in [0.25, 0.3) is 0 Å². The highest BCUT2D eigenvalue weighted by atomic mass is 16.5. The molecule has 5 nitrogen and oxygen atoms in total. The monoisotopic (exact) mass is 414 g/mol. The van der Waals surface area contributed by atoms with Crippen LogP contribution in [0.4, 0.5) is 11.4 Å². The molecule has 3 aromatic carbocycles. The lowest BCUT2D eigenvalue weighted by atomic mass is 9.89. The van der Waals surface area contributed by atoms with Crippen molar-refractivity contribution in [2.45, 2.75) is 25.8 Å². The first kappa shape index (κ1) is 20.7. The molecule has 31 heavy (non-hydrogen) atoms. The molecular formula is C26H26N2O3. The molecule has 1 atom stereocenters. The number of carbonyl (C=O) groups excluding carboxylic acids is 2. The molecule has 158 valence electrons. The number of para-hydroxylation sites is 1. The van der Waals surface area contributed by atoms with E-state index in [-0.39, 0.29) is 17.7 Å². The lowest BCUT2D eigenvalue weighted by molar-refractivity contribution is -0.121. The van der Waals surface area contributed by atoms with Crippen LogP contribution < -0.4 is 15.0 Å². The van der Waals surface area contributed by atoms with Crippen molar-refractivity contribution in [1.29, 1.82) is 0 Å². The average Bonchev–Trinajstić information content (AvgIpc) is 2.82. The summed E-state index contributed by atoms with van der Waals surface area (Å²) < 4.78 is 5.25. The quantitative estimate of drug-likeness (QED) is 0.603. The number of benzene rings is 3. The molecule has 3 aromatic rings. The van der Waals surface area contributed by atoms with Crippen molar-refractivity contribution in [3.05, 3.63) is 90.0 Å². The molecule has 1 N–H and O–H groups in total. The molecule has 0 bridgehead atoms. The number of carbonyl (C=O) groups is 2. The number of fused-ring (bicyclic) bond motifs is 1. The van der Waals surface area contributed by atoms with Crippen molar-refractivity contribution in [3.8, 4) is 5.75 Å². The molecular weight excluding hydrogens is 388 g/mol. The van der Waals surface area contributed by atoms with Crippen LogP contribution >= 0.6 is 0 Å². The van der Waals surface area contributed by atoms with Gasteiger partial charge in [-0.15, -0.1) is 0 Å². The molecule has 0 aromatic heterocycles. The molecule has 0 radical (unpaired) electrons. The lowest BCUT2D eigenvalue weighted by Gasteiger charge is -2.27. The highest BCUT2D eigenvalue weighted by molar-refractivity contribution is 5.97. The van der Waals surface area contributed by atoms with Crippen LogP contribution in [0, 0.1) is 5.92 Å². The maximum atomic E-state index is 13.3. The van der Waals surface area contributed by atoms with Gasteiger partial charge in [-0.25, -0.2) is 0 Å². The first-order valence-electron chi connectivity index (χ1n) is 10.5. The van der Waals surface area contributed by atoms with Crippen molar-refractivity contribution in [2.24, 2.45) is 5.92 Å². The maximum Gasteiger partial charge on any atom is 0.227 e. The van der Waals surface area contributed by atoms with Gasteiger partial charge in [0.2, 0.25) is 11.8 Å². The van der Waals surface area contributed by atoms with Gasteiger partial charge in [-0.3, -0.25) is 9.59 Å². The van der Waals surface area contributed by atoms with Crippen molar-refractivity contribution < 1.29 is 14.3 Å². The minimum absolute atomic E-state index is 0.000628. The van der Waals surface area contributed by atoms with Crippen molar-refractivity contribution in [3.63, 3.8) is 0 Å². The van der Waals surface area contributed by atoms with Crippen LogP contribution in [0.15, 0.2) is 78.9 Å². The molecule has 0 fully saturated rings. The fourth-order valence-electron chi connectivity index (χ4n) is 3.93. The van der Waals surface area contributed by atoms with Crippen molar-refractivity contribution in [1.82, 2.24) is 0 Å². The van der Waals surface area contributed by atoms with Crippen LogP contribution in [0.3, 0.4) is 0 Å². The fraction of sp³-hybridized carbons (Fsp3) is 0.231. The van der Waals surface area contributed by atoms with Gasteiger partial charge < -0.3 is 15.0 Å². The Balaban J connectivity index is 1.48. The number of ether oxygens (including phenoxy) is 1. The van der Waals surface area contributed by atoms with Crippen LogP contribution in [0.25, 0.3) is 0 Å². The summed E-state index contributed by atoms with van der Waals surface area (Å²) >= 11 is 0. The molecule has 0 saturated carbocycles. The van der Waals surface area contributed by atoms with E-state index in [4.69, 9.17) is 4.74 Å². The van der Waals surface area contributed by atoms with Crippen LogP contribution in [0.1, 0.15) is 24.0 Å². The Morgan fingerprint density at radius 2 is 1.71 bits per heavy atom. The van der Waals surface area contributed by atoms with Gasteiger partial charge in [-0.05, 0) is 54.3 Å². The molecule has 1 aliphatic rings. The fourth-order valence-corrected chi connectivity index (χ4v) is 3.93. The Hall–Kier alpha value is -3.60. The van der Waals surface area contributed by atoms with E-state index < -0.39 is 0 Å². The third-order valence-corrected chi connectivity index (χ3v) is 5.69. The smallest absolute Gasteiger partial charge is 0.227 e.